The van der Waals surface area contributed by atoms with Gasteiger partial charge in [0.15, 0.2) is 0 Å². The van der Waals surface area contributed by atoms with Crippen LogP contribution in [0.15, 0.2) is 30.3 Å². The van der Waals surface area contributed by atoms with Crippen LogP contribution in [-0.4, -0.2) is 34.9 Å². The van der Waals surface area contributed by atoms with E-state index >= 15 is 0 Å². The number of nitrogens with two attached hydrogens (primary N) is 1. The van der Waals surface area contributed by atoms with Crippen LogP contribution in [0, 0.1) is 5.92 Å². The number of aromatic amines is 1. The van der Waals surface area contributed by atoms with Crippen LogP contribution in [0.4, 0.5) is 0 Å². The van der Waals surface area contributed by atoms with Crippen molar-refractivity contribution in [2.24, 2.45) is 11.7 Å². The molecule has 3 N–H and O–H groups in total. The summed E-state index contributed by atoms with van der Waals surface area (Å²) in [7, 11) is 0. The summed E-state index contributed by atoms with van der Waals surface area (Å²) in [5.41, 5.74) is 7.60. The van der Waals surface area contributed by atoms with Gasteiger partial charge in [-0.25, -0.2) is 0 Å². The lowest BCUT2D eigenvalue weighted by molar-refractivity contribution is 0.0781. The van der Waals surface area contributed by atoms with Crippen molar-refractivity contribution in [1.82, 2.24) is 9.88 Å². The van der Waals surface area contributed by atoms with Gasteiger partial charge in [-0.2, -0.15) is 0 Å². The van der Waals surface area contributed by atoms with Crippen LogP contribution in [-0.2, 0) is 0 Å². The van der Waals surface area contributed by atoms with Gasteiger partial charge in [-0.05, 0) is 31.4 Å². The molecule has 1 aliphatic heterocycles. The molecular weight excluding hydrogens is 238 g/mol. The van der Waals surface area contributed by atoms with Crippen LogP contribution >= 0.6 is 0 Å². The van der Waals surface area contributed by atoms with Crippen molar-refractivity contribution in [2.75, 3.05) is 13.1 Å². The summed E-state index contributed by atoms with van der Waals surface area (Å²) in [4.78, 5) is 17.5. The van der Waals surface area contributed by atoms with Gasteiger partial charge in [0.2, 0.25) is 0 Å². The van der Waals surface area contributed by atoms with E-state index < -0.39 is 0 Å². The summed E-state index contributed by atoms with van der Waals surface area (Å²) < 4.78 is 0. The largest absolute Gasteiger partial charge is 0.351 e. The maximum absolute atomic E-state index is 12.4. The highest BCUT2D eigenvalue weighted by atomic mass is 16.2. The number of nitrogens with one attached hydrogen (secondary N) is 1. The van der Waals surface area contributed by atoms with E-state index in [1.54, 1.807) is 0 Å². The van der Waals surface area contributed by atoms with Gasteiger partial charge in [-0.15, -0.1) is 0 Å². The quantitative estimate of drug-likeness (QED) is 0.864. The monoisotopic (exact) mass is 257 g/mol. The summed E-state index contributed by atoms with van der Waals surface area (Å²) in [5.74, 6) is 0.507. The normalized spacial score (nSPS) is 20.9. The Morgan fingerprint density at radius 2 is 2.26 bits per heavy atom. The van der Waals surface area contributed by atoms with E-state index in [4.69, 9.17) is 5.73 Å². The van der Waals surface area contributed by atoms with Crippen molar-refractivity contribution in [3.8, 4) is 0 Å². The molecule has 0 radical (unpaired) electrons. The van der Waals surface area contributed by atoms with Gasteiger partial charge in [0, 0.05) is 30.0 Å². The second-order valence-electron chi connectivity index (χ2n) is 5.43. The zero-order valence-electron chi connectivity index (χ0n) is 11.1. The van der Waals surface area contributed by atoms with E-state index in [1.165, 1.54) is 0 Å². The van der Waals surface area contributed by atoms with E-state index in [0.717, 1.165) is 30.4 Å². The van der Waals surface area contributed by atoms with Crippen LogP contribution < -0.4 is 5.73 Å². The molecule has 0 saturated carbocycles. The van der Waals surface area contributed by atoms with Crippen molar-refractivity contribution in [3.05, 3.63) is 36.0 Å². The third kappa shape index (κ3) is 2.24. The van der Waals surface area contributed by atoms with Gasteiger partial charge >= 0.3 is 0 Å². The SMILES string of the molecule is CC(N)C1CCN(C(=O)c2cc3ccccc3[nH]2)C1. The molecule has 1 aromatic heterocycles. The van der Waals surface area contributed by atoms with Crippen molar-refractivity contribution >= 4 is 16.8 Å². The first-order chi connectivity index (χ1) is 9.15. The van der Waals surface area contributed by atoms with E-state index in [-0.39, 0.29) is 11.9 Å². The minimum absolute atomic E-state index is 0.0827. The van der Waals surface area contributed by atoms with Crippen molar-refractivity contribution in [3.63, 3.8) is 0 Å². The van der Waals surface area contributed by atoms with Crippen molar-refractivity contribution in [1.29, 1.82) is 0 Å². The van der Waals surface area contributed by atoms with Gasteiger partial charge in [0.05, 0.1) is 0 Å². The molecule has 3 rings (SSSR count). The number of nitrogens with zero attached hydrogens (tertiary/aromatic N) is 1. The van der Waals surface area contributed by atoms with Crippen LogP contribution in [0.3, 0.4) is 0 Å². The molecule has 4 heteroatoms. The zero-order valence-corrected chi connectivity index (χ0v) is 11.1. The number of benzene rings is 1. The molecule has 1 aromatic carbocycles. The number of carbonyl (C=O) groups is 1. The lowest BCUT2D eigenvalue weighted by Gasteiger charge is -2.17. The molecular formula is C15H19N3O. The summed E-state index contributed by atoms with van der Waals surface area (Å²) in [5, 5.41) is 1.08. The minimum atomic E-state index is 0.0827. The molecule has 2 heterocycles. The van der Waals surface area contributed by atoms with E-state index in [1.807, 2.05) is 42.2 Å². The van der Waals surface area contributed by atoms with Crippen LogP contribution in [0.1, 0.15) is 23.8 Å². The number of carbonyl (C=O) groups excluding carboxylic acids is 1. The maximum atomic E-state index is 12.4. The average Bonchev–Trinajstić information content (AvgIpc) is 3.04. The molecule has 4 nitrogen and oxygen atoms in total. The number of fused-ring (bicyclic) bond motifs is 1. The predicted octanol–water partition coefficient (Wildman–Crippen LogP) is 1.98. The highest BCUT2D eigenvalue weighted by molar-refractivity contribution is 5.98. The Morgan fingerprint density at radius 1 is 1.47 bits per heavy atom. The van der Waals surface area contributed by atoms with E-state index in [2.05, 4.69) is 4.98 Å². The Kier molecular flexibility index (Phi) is 3.03. The number of hydrogen-bond acceptors (Lipinski definition) is 2. The number of likely N-dealkylation sites (tertiary alicyclic amines) is 1. The fourth-order valence-electron chi connectivity index (χ4n) is 2.76. The fourth-order valence-corrected chi connectivity index (χ4v) is 2.76. The topological polar surface area (TPSA) is 62.1 Å². The van der Waals surface area contributed by atoms with Crippen LogP contribution in [0.2, 0.25) is 0 Å². The summed E-state index contributed by atoms with van der Waals surface area (Å²) >= 11 is 0. The zero-order chi connectivity index (χ0) is 13.4. The van der Waals surface area contributed by atoms with Gasteiger partial charge < -0.3 is 15.6 Å². The number of amides is 1. The van der Waals surface area contributed by atoms with Gasteiger partial charge in [0.1, 0.15) is 5.69 Å². The predicted molar refractivity (Wildman–Crippen MR) is 76.0 cm³/mol. The Labute approximate surface area is 112 Å². The standard InChI is InChI=1S/C15H19N3O/c1-10(16)12-6-7-18(9-12)15(19)14-8-11-4-2-3-5-13(11)17-14/h2-5,8,10,12,17H,6-7,9,16H2,1H3. The van der Waals surface area contributed by atoms with Gasteiger partial charge in [0.25, 0.3) is 5.91 Å². The molecule has 2 atom stereocenters. The average molecular weight is 257 g/mol. The minimum Gasteiger partial charge on any atom is -0.351 e. The van der Waals surface area contributed by atoms with Crippen molar-refractivity contribution < 1.29 is 4.79 Å². The van der Waals surface area contributed by atoms with Crippen LogP contribution in [0.25, 0.3) is 10.9 Å². The number of aromatic nitrogens is 1. The Morgan fingerprint density at radius 3 is 2.95 bits per heavy atom. The Balaban J connectivity index is 1.80. The molecule has 0 spiro atoms. The molecule has 1 aliphatic rings. The first-order valence-electron chi connectivity index (χ1n) is 6.78. The maximum Gasteiger partial charge on any atom is 0.270 e. The van der Waals surface area contributed by atoms with Gasteiger partial charge in [-0.1, -0.05) is 18.2 Å². The van der Waals surface area contributed by atoms with Gasteiger partial charge in [-0.3, -0.25) is 4.79 Å². The second-order valence-corrected chi connectivity index (χ2v) is 5.43. The molecule has 1 fully saturated rings. The molecule has 1 amide bonds. The summed E-state index contributed by atoms with van der Waals surface area (Å²) in [6.07, 6.45) is 1.00. The molecule has 1 saturated heterocycles. The first kappa shape index (κ1) is 12.2. The molecule has 19 heavy (non-hydrogen) atoms. The third-order valence-corrected chi connectivity index (χ3v) is 4.02. The highest BCUT2D eigenvalue weighted by Crippen LogP contribution is 2.22. The second kappa shape index (κ2) is 4.70. The number of H-pyrrole nitrogens is 1. The summed E-state index contributed by atoms with van der Waals surface area (Å²) in [6, 6.07) is 10.0. The first-order valence-corrected chi connectivity index (χ1v) is 6.78. The number of para-hydroxylation sites is 1. The molecule has 0 aliphatic carbocycles. The lowest BCUT2D eigenvalue weighted by atomic mass is 10.0. The number of hydrogen-bond donors (Lipinski definition) is 2. The Hall–Kier alpha value is -1.81. The van der Waals surface area contributed by atoms with Crippen LogP contribution in [0.5, 0.6) is 0 Å². The fraction of sp³-hybridized carbons (Fsp3) is 0.400. The number of rotatable bonds is 2. The summed E-state index contributed by atoms with van der Waals surface area (Å²) in [6.45, 7) is 3.59. The molecule has 100 valence electrons. The van der Waals surface area contributed by atoms with E-state index in [0.29, 0.717) is 11.6 Å². The third-order valence-electron chi connectivity index (χ3n) is 4.02. The van der Waals surface area contributed by atoms with Crippen molar-refractivity contribution in [2.45, 2.75) is 19.4 Å². The lowest BCUT2D eigenvalue weighted by Crippen LogP contribution is -2.33. The molecule has 0 bridgehead atoms. The van der Waals surface area contributed by atoms with E-state index in [9.17, 15) is 4.79 Å². The molecule has 2 aromatic rings. The Bertz CT molecular complexity index is 569. The molecule has 2 unspecified atom stereocenters. The smallest absolute Gasteiger partial charge is 0.270 e. The highest BCUT2D eigenvalue weighted by Gasteiger charge is 2.29.